The topological polar surface area (TPSA) is 68.7 Å². The molecule has 6 nitrogen and oxygen atoms in total. The highest BCUT2D eigenvalue weighted by Gasteiger charge is 2.19. The normalized spacial score (nSPS) is 9.89. The summed E-state index contributed by atoms with van der Waals surface area (Å²) in [4.78, 5) is 28.2. The van der Waals surface area contributed by atoms with Crippen LogP contribution < -0.4 is 4.90 Å². The van der Waals surface area contributed by atoms with Gasteiger partial charge in [-0.2, -0.15) is 0 Å². The van der Waals surface area contributed by atoms with E-state index in [0.29, 0.717) is 15.3 Å². The first-order valence-electron chi connectivity index (χ1n) is 5.17. The molecule has 104 valence electrons. The number of anilines is 1. The average molecular weight is 352 g/mol. The lowest BCUT2D eigenvalue weighted by Gasteiger charge is -2.21. The van der Waals surface area contributed by atoms with Gasteiger partial charge in [0.25, 0.3) is 0 Å². The van der Waals surface area contributed by atoms with Gasteiger partial charge in [-0.1, -0.05) is 11.6 Å². The molecule has 19 heavy (non-hydrogen) atoms. The summed E-state index contributed by atoms with van der Waals surface area (Å²) in [5, 5.41) is 0.308. The largest absolute Gasteiger partial charge is 0.468 e. The summed E-state index contributed by atoms with van der Waals surface area (Å²) in [5.41, 5.74) is 0. The van der Waals surface area contributed by atoms with Crippen molar-refractivity contribution in [1.29, 1.82) is 0 Å². The SMILES string of the molecule is COC(=O)CN(CC(=O)OC)c1ncc(Br)cc1Cl. The summed E-state index contributed by atoms with van der Waals surface area (Å²) in [7, 11) is 2.52. The first-order chi connectivity index (χ1) is 8.97. The molecule has 0 atom stereocenters. The van der Waals surface area contributed by atoms with Gasteiger partial charge in [0.1, 0.15) is 18.9 Å². The molecule has 0 bridgehead atoms. The van der Waals surface area contributed by atoms with Crippen LogP contribution in [-0.2, 0) is 19.1 Å². The Kier molecular flexibility index (Phi) is 6.04. The number of carbonyl (C=O) groups excluding carboxylic acids is 2. The third-order valence-electron chi connectivity index (χ3n) is 2.18. The van der Waals surface area contributed by atoms with Crippen LogP contribution in [0.25, 0.3) is 0 Å². The molecule has 0 aromatic carbocycles. The number of ether oxygens (including phenoxy) is 2. The first-order valence-corrected chi connectivity index (χ1v) is 6.34. The van der Waals surface area contributed by atoms with Crippen LogP contribution in [0, 0.1) is 0 Å². The number of methoxy groups -OCH3 is 2. The van der Waals surface area contributed by atoms with Crippen LogP contribution in [0.3, 0.4) is 0 Å². The highest BCUT2D eigenvalue weighted by atomic mass is 79.9. The number of hydrogen-bond donors (Lipinski definition) is 0. The van der Waals surface area contributed by atoms with Crippen LogP contribution in [0.2, 0.25) is 5.02 Å². The van der Waals surface area contributed by atoms with Crippen LogP contribution >= 0.6 is 27.5 Å². The number of hydrogen-bond acceptors (Lipinski definition) is 6. The second kappa shape index (κ2) is 7.30. The van der Waals surface area contributed by atoms with Gasteiger partial charge in [0, 0.05) is 10.7 Å². The summed E-state index contributed by atoms with van der Waals surface area (Å²) in [6.07, 6.45) is 1.52. The number of esters is 2. The van der Waals surface area contributed by atoms with Crippen molar-refractivity contribution in [3.05, 3.63) is 21.8 Å². The van der Waals surface area contributed by atoms with Crippen LogP contribution in [0.4, 0.5) is 5.82 Å². The molecule has 1 aromatic heterocycles. The lowest BCUT2D eigenvalue weighted by atomic mass is 10.4. The fraction of sp³-hybridized carbons (Fsp3) is 0.364. The highest BCUT2D eigenvalue weighted by Crippen LogP contribution is 2.26. The van der Waals surface area contributed by atoms with Gasteiger partial charge < -0.3 is 14.4 Å². The molecule has 0 aliphatic heterocycles. The molecular weight excluding hydrogens is 339 g/mol. The Hall–Kier alpha value is -1.34. The fourth-order valence-corrected chi connectivity index (χ4v) is 2.04. The van der Waals surface area contributed by atoms with Crippen LogP contribution in [0.1, 0.15) is 0 Å². The van der Waals surface area contributed by atoms with E-state index in [9.17, 15) is 9.59 Å². The standard InChI is InChI=1S/C11H12BrClN2O4/c1-18-9(16)5-15(6-10(17)19-2)11-8(13)3-7(12)4-14-11/h3-4H,5-6H2,1-2H3. The van der Waals surface area contributed by atoms with Crippen molar-refractivity contribution >= 4 is 45.3 Å². The van der Waals surface area contributed by atoms with E-state index in [1.807, 2.05) is 0 Å². The van der Waals surface area contributed by atoms with Crippen LogP contribution in [0.5, 0.6) is 0 Å². The van der Waals surface area contributed by atoms with Crippen LogP contribution in [-0.4, -0.2) is 44.2 Å². The zero-order chi connectivity index (χ0) is 14.4. The van der Waals surface area contributed by atoms with Crippen molar-refractivity contribution in [2.75, 3.05) is 32.2 Å². The summed E-state index contributed by atoms with van der Waals surface area (Å²) in [6.45, 7) is -0.306. The number of rotatable bonds is 5. The quantitative estimate of drug-likeness (QED) is 0.751. The summed E-state index contributed by atoms with van der Waals surface area (Å²) in [6, 6.07) is 1.62. The predicted octanol–water partition coefficient (Wildman–Crippen LogP) is 1.65. The van der Waals surface area contributed by atoms with E-state index in [1.54, 1.807) is 6.07 Å². The summed E-state index contributed by atoms with van der Waals surface area (Å²) < 4.78 is 9.83. The Bertz CT molecular complexity index is 466. The lowest BCUT2D eigenvalue weighted by molar-refractivity contribution is -0.140. The average Bonchev–Trinajstić information content (AvgIpc) is 2.37. The maximum Gasteiger partial charge on any atom is 0.325 e. The highest BCUT2D eigenvalue weighted by molar-refractivity contribution is 9.10. The van der Waals surface area contributed by atoms with Crippen molar-refractivity contribution in [3.8, 4) is 0 Å². The van der Waals surface area contributed by atoms with E-state index < -0.39 is 11.9 Å². The molecule has 8 heteroatoms. The molecule has 1 rings (SSSR count). The van der Waals surface area contributed by atoms with E-state index in [2.05, 4.69) is 30.4 Å². The third-order valence-corrected chi connectivity index (χ3v) is 2.89. The Morgan fingerprint density at radius 1 is 1.32 bits per heavy atom. The third kappa shape index (κ3) is 4.68. The van der Waals surface area contributed by atoms with Crippen molar-refractivity contribution in [2.24, 2.45) is 0 Å². The van der Waals surface area contributed by atoms with E-state index in [0.717, 1.165) is 0 Å². The molecule has 0 radical (unpaired) electrons. The van der Waals surface area contributed by atoms with Crippen LogP contribution in [0.15, 0.2) is 16.7 Å². The van der Waals surface area contributed by atoms with Crippen molar-refractivity contribution in [3.63, 3.8) is 0 Å². The minimum Gasteiger partial charge on any atom is -0.468 e. The minimum atomic E-state index is -0.510. The summed E-state index contributed by atoms with van der Waals surface area (Å²) in [5.74, 6) is -0.713. The van der Waals surface area contributed by atoms with Crippen molar-refractivity contribution < 1.29 is 19.1 Å². The molecular formula is C11H12BrClN2O4. The second-order valence-electron chi connectivity index (χ2n) is 3.47. The maximum atomic E-state index is 11.3. The van der Waals surface area contributed by atoms with Gasteiger partial charge in [-0.15, -0.1) is 0 Å². The molecule has 0 saturated carbocycles. The Morgan fingerprint density at radius 2 is 1.84 bits per heavy atom. The predicted molar refractivity (Wildman–Crippen MR) is 73.2 cm³/mol. The molecule has 0 fully saturated rings. The number of nitrogens with zero attached hydrogens (tertiary/aromatic N) is 2. The molecule has 0 spiro atoms. The Balaban J connectivity index is 3.00. The lowest BCUT2D eigenvalue weighted by Crippen LogP contribution is -2.36. The molecule has 0 aliphatic rings. The molecule has 1 aromatic rings. The minimum absolute atomic E-state index is 0.153. The molecule has 0 unspecified atom stereocenters. The van der Waals surface area contributed by atoms with Gasteiger partial charge in [-0.05, 0) is 22.0 Å². The molecule has 0 aliphatic carbocycles. The van der Waals surface area contributed by atoms with E-state index >= 15 is 0 Å². The monoisotopic (exact) mass is 350 g/mol. The van der Waals surface area contributed by atoms with E-state index in [1.165, 1.54) is 25.3 Å². The number of carbonyl (C=O) groups is 2. The fourth-order valence-electron chi connectivity index (χ4n) is 1.29. The molecule has 0 amide bonds. The number of aromatic nitrogens is 1. The van der Waals surface area contributed by atoms with Crippen molar-refractivity contribution in [2.45, 2.75) is 0 Å². The van der Waals surface area contributed by atoms with E-state index in [-0.39, 0.29) is 13.1 Å². The van der Waals surface area contributed by atoms with Gasteiger partial charge in [-0.3, -0.25) is 9.59 Å². The number of pyridine rings is 1. The van der Waals surface area contributed by atoms with Gasteiger partial charge in [0.15, 0.2) is 0 Å². The smallest absolute Gasteiger partial charge is 0.325 e. The maximum absolute atomic E-state index is 11.3. The molecule has 0 saturated heterocycles. The summed E-state index contributed by atoms with van der Waals surface area (Å²) >= 11 is 9.26. The van der Waals surface area contributed by atoms with Gasteiger partial charge >= 0.3 is 11.9 Å². The zero-order valence-corrected chi connectivity index (χ0v) is 12.7. The molecule has 1 heterocycles. The zero-order valence-electron chi connectivity index (χ0n) is 10.4. The van der Waals surface area contributed by atoms with E-state index in [4.69, 9.17) is 11.6 Å². The second-order valence-corrected chi connectivity index (χ2v) is 4.79. The van der Waals surface area contributed by atoms with Crippen molar-refractivity contribution in [1.82, 2.24) is 4.98 Å². The van der Waals surface area contributed by atoms with Gasteiger partial charge in [-0.25, -0.2) is 4.98 Å². The Labute approximate surface area is 123 Å². The number of halogens is 2. The Morgan fingerprint density at radius 3 is 2.26 bits per heavy atom. The van der Waals surface area contributed by atoms with Gasteiger partial charge in [0.2, 0.25) is 0 Å². The van der Waals surface area contributed by atoms with Gasteiger partial charge in [0.05, 0.1) is 19.2 Å². The molecule has 0 N–H and O–H groups in total. The first kappa shape index (κ1) is 15.7.